The third kappa shape index (κ3) is 2.27. The number of nitrogens with one attached hydrogen (secondary N) is 1. The molecule has 0 fully saturated rings. The summed E-state index contributed by atoms with van der Waals surface area (Å²) in [6.07, 6.45) is 3.35. The van der Waals surface area contributed by atoms with Crippen molar-refractivity contribution in [3.63, 3.8) is 0 Å². The van der Waals surface area contributed by atoms with Crippen molar-refractivity contribution >= 4 is 0 Å². The molecule has 0 unspecified atom stereocenters. The average molecular weight is 226 g/mol. The summed E-state index contributed by atoms with van der Waals surface area (Å²) in [5, 5.41) is 3.41. The van der Waals surface area contributed by atoms with Gasteiger partial charge in [-0.25, -0.2) is 0 Å². The van der Waals surface area contributed by atoms with Crippen molar-refractivity contribution in [2.45, 2.75) is 26.4 Å². The van der Waals surface area contributed by atoms with E-state index in [1.54, 1.807) is 0 Å². The molecule has 3 rings (SSSR count). The molecule has 1 aliphatic rings. The summed E-state index contributed by atoms with van der Waals surface area (Å²) in [7, 11) is 0. The Labute approximate surface area is 102 Å². The Hall–Kier alpha value is -1.54. The summed E-state index contributed by atoms with van der Waals surface area (Å²) < 4.78 is 2.38. The summed E-state index contributed by atoms with van der Waals surface area (Å²) in [6.45, 7) is 5.35. The van der Waals surface area contributed by atoms with Crippen molar-refractivity contribution in [1.82, 2.24) is 9.88 Å². The van der Waals surface area contributed by atoms with E-state index >= 15 is 0 Å². The number of benzene rings is 1. The summed E-state index contributed by atoms with van der Waals surface area (Å²) in [4.78, 5) is 0. The number of aryl methyl sites for hydroxylation is 1. The normalized spacial score (nSPS) is 14.6. The maximum atomic E-state index is 3.41. The van der Waals surface area contributed by atoms with Gasteiger partial charge in [0.2, 0.25) is 0 Å². The van der Waals surface area contributed by atoms with E-state index in [0.29, 0.717) is 0 Å². The van der Waals surface area contributed by atoms with Gasteiger partial charge in [0, 0.05) is 31.5 Å². The van der Waals surface area contributed by atoms with Crippen LogP contribution in [-0.2, 0) is 19.5 Å². The second kappa shape index (κ2) is 4.38. The highest BCUT2D eigenvalue weighted by Crippen LogP contribution is 2.16. The van der Waals surface area contributed by atoms with Crippen molar-refractivity contribution in [1.29, 1.82) is 0 Å². The standard InChI is InChI=1S/C15H18N2/c1-12-3-2-4-13(7-12)8-14-9-15-10-16-5-6-17(15)11-14/h2-4,7,9,11,16H,5-6,8,10H2,1H3. The molecule has 0 saturated carbocycles. The van der Waals surface area contributed by atoms with Crippen molar-refractivity contribution in [2.75, 3.05) is 6.54 Å². The van der Waals surface area contributed by atoms with Gasteiger partial charge < -0.3 is 9.88 Å². The highest BCUT2D eigenvalue weighted by Gasteiger charge is 2.09. The smallest absolute Gasteiger partial charge is 0.0360 e. The lowest BCUT2D eigenvalue weighted by Crippen LogP contribution is -2.27. The molecule has 17 heavy (non-hydrogen) atoms. The maximum Gasteiger partial charge on any atom is 0.0360 e. The van der Waals surface area contributed by atoms with Gasteiger partial charge in [-0.15, -0.1) is 0 Å². The molecule has 0 atom stereocenters. The van der Waals surface area contributed by atoms with Crippen LogP contribution in [0.1, 0.15) is 22.4 Å². The van der Waals surface area contributed by atoms with Gasteiger partial charge in [-0.3, -0.25) is 0 Å². The van der Waals surface area contributed by atoms with Gasteiger partial charge in [-0.05, 0) is 30.5 Å². The lowest BCUT2D eigenvalue weighted by atomic mass is 10.1. The predicted molar refractivity (Wildman–Crippen MR) is 70.1 cm³/mol. The lowest BCUT2D eigenvalue weighted by molar-refractivity contribution is 0.516. The van der Waals surface area contributed by atoms with E-state index in [-0.39, 0.29) is 0 Å². The first-order chi connectivity index (χ1) is 8.31. The molecule has 2 nitrogen and oxygen atoms in total. The molecule has 2 aromatic rings. The number of nitrogens with zero attached hydrogens (tertiary/aromatic N) is 1. The minimum absolute atomic E-state index is 1.01. The van der Waals surface area contributed by atoms with Crippen LogP contribution >= 0.6 is 0 Å². The second-order valence-electron chi connectivity index (χ2n) is 4.88. The Kier molecular flexibility index (Phi) is 2.73. The van der Waals surface area contributed by atoms with E-state index < -0.39 is 0 Å². The van der Waals surface area contributed by atoms with Crippen molar-refractivity contribution in [2.24, 2.45) is 0 Å². The fourth-order valence-corrected chi connectivity index (χ4v) is 2.55. The zero-order valence-corrected chi connectivity index (χ0v) is 10.2. The molecule has 1 aliphatic heterocycles. The topological polar surface area (TPSA) is 17.0 Å². The molecule has 2 heteroatoms. The van der Waals surface area contributed by atoms with Gasteiger partial charge in [-0.2, -0.15) is 0 Å². The molecule has 1 aromatic carbocycles. The molecule has 1 N–H and O–H groups in total. The first-order valence-corrected chi connectivity index (χ1v) is 6.25. The van der Waals surface area contributed by atoms with Gasteiger partial charge in [-0.1, -0.05) is 29.8 Å². The molecular formula is C15H18N2. The van der Waals surface area contributed by atoms with E-state index in [1.165, 1.54) is 22.4 Å². The van der Waals surface area contributed by atoms with Crippen LogP contribution in [0.3, 0.4) is 0 Å². The van der Waals surface area contributed by atoms with Crippen LogP contribution in [0.2, 0.25) is 0 Å². The molecule has 0 radical (unpaired) electrons. The third-order valence-corrected chi connectivity index (χ3v) is 3.37. The number of hydrogen-bond donors (Lipinski definition) is 1. The molecule has 1 aromatic heterocycles. The van der Waals surface area contributed by atoms with Gasteiger partial charge >= 0.3 is 0 Å². The highest BCUT2D eigenvalue weighted by atomic mass is 15.1. The van der Waals surface area contributed by atoms with E-state index in [0.717, 1.165) is 26.1 Å². The molecular weight excluding hydrogens is 208 g/mol. The summed E-state index contributed by atoms with van der Waals surface area (Å²) in [5.74, 6) is 0. The largest absolute Gasteiger partial charge is 0.349 e. The summed E-state index contributed by atoms with van der Waals surface area (Å²) in [6, 6.07) is 11.1. The molecule has 2 heterocycles. The number of fused-ring (bicyclic) bond motifs is 1. The zero-order valence-electron chi connectivity index (χ0n) is 10.2. The van der Waals surface area contributed by atoms with Crippen LogP contribution in [-0.4, -0.2) is 11.1 Å². The minimum Gasteiger partial charge on any atom is -0.349 e. The molecule has 0 bridgehead atoms. The second-order valence-corrected chi connectivity index (χ2v) is 4.88. The van der Waals surface area contributed by atoms with Crippen LogP contribution in [0.25, 0.3) is 0 Å². The van der Waals surface area contributed by atoms with Gasteiger partial charge in [0.05, 0.1) is 0 Å². The van der Waals surface area contributed by atoms with Gasteiger partial charge in [0.15, 0.2) is 0 Å². The van der Waals surface area contributed by atoms with Crippen LogP contribution in [0, 0.1) is 6.92 Å². The van der Waals surface area contributed by atoms with E-state index in [4.69, 9.17) is 0 Å². The molecule has 0 saturated heterocycles. The number of aromatic nitrogens is 1. The highest BCUT2D eigenvalue weighted by molar-refractivity contribution is 5.30. The molecule has 0 aliphatic carbocycles. The molecule has 88 valence electrons. The first-order valence-electron chi connectivity index (χ1n) is 6.25. The Bertz CT molecular complexity index is 502. The van der Waals surface area contributed by atoms with Crippen molar-refractivity contribution in [3.05, 3.63) is 58.9 Å². The Morgan fingerprint density at radius 2 is 2.18 bits per heavy atom. The van der Waals surface area contributed by atoms with Gasteiger partial charge in [0.1, 0.15) is 0 Å². The SMILES string of the molecule is Cc1cccc(Cc2cc3n(c2)CCNC3)c1. The van der Waals surface area contributed by atoms with Crippen LogP contribution in [0.5, 0.6) is 0 Å². The first kappa shape index (κ1) is 10.6. The van der Waals surface area contributed by atoms with Crippen LogP contribution in [0.15, 0.2) is 36.5 Å². The lowest BCUT2D eigenvalue weighted by Gasteiger charge is -2.15. The van der Waals surface area contributed by atoms with Gasteiger partial charge in [0.25, 0.3) is 0 Å². The Morgan fingerprint density at radius 3 is 3.00 bits per heavy atom. The average Bonchev–Trinajstić information content (AvgIpc) is 2.71. The third-order valence-electron chi connectivity index (χ3n) is 3.37. The number of hydrogen-bond acceptors (Lipinski definition) is 1. The minimum atomic E-state index is 1.01. The Morgan fingerprint density at radius 1 is 1.24 bits per heavy atom. The van der Waals surface area contributed by atoms with Crippen molar-refractivity contribution < 1.29 is 0 Å². The van der Waals surface area contributed by atoms with Crippen LogP contribution < -0.4 is 5.32 Å². The van der Waals surface area contributed by atoms with E-state index in [9.17, 15) is 0 Å². The Balaban J connectivity index is 1.83. The predicted octanol–water partition coefficient (Wildman–Crippen LogP) is 2.49. The fourth-order valence-electron chi connectivity index (χ4n) is 2.55. The fraction of sp³-hybridized carbons (Fsp3) is 0.333. The van der Waals surface area contributed by atoms with E-state index in [1.807, 2.05) is 0 Å². The summed E-state index contributed by atoms with van der Waals surface area (Å²) >= 11 is 0. The quantitative estimate of drug-likeness (QED) is 0.832. The molecule has 0 amide bonds. The summed E-state index contributed by atoms with van der Waals surface area (Å²) in [5.41, 5.74) is 5.59. The maximum absolute atomic E-state index is 3.41. The monoisotopic (exact) mass is 226 g/mol. The van der Waals surface area contributed by atoms with E-state index in [2.05, 4.69) is 53.3 Å². The van der Waals surface area contributed by atoms with Crippen molar-refractivity contribution in [3.8, 4) is 0 Å². The van der Waals surface area contributed by atoms with Crippen LogP contribution in [0.4, 0.5) is 0 Å². The molecule has 0 spiro atoms. The zero-order chi connectivity index (χ0) is 11.7. The number of rotatable bonds is 2.